The Hall–Kier alpha value is 0.0400. The standard InChI is InChI=1S/C10H15BrN2S/c1-14-10-4-2-3-9(5-10)13-7-8(11)6-12-13/h6-7,9-10H,2-5H2,1H3/t9-,10+/m0/s1. The number of thioether (sulfide) groups is 1. The smallest absolute Gasteiger partial charge is 0.0632 e. The molecule has 0 saturated heterocycles. The van der Waals surface area contributed by atoms with Gasteiger partial charge in [0.2, 0.25) is 0 Å². The first-order valence-electron chi connectivity index (χ1n) is 5.02. The van der Waals surface area contributed by atoms with Gasteiger partial charge < -0.3 is 0 Å². The Morgan fingerprint density at radius 1 is 1.57 bits per heavy atom. The van der Waals surface area contributed by atoms with E-state index in [1.807, 2.05) is 18.0 Å². The molecule has 1 heterocycles. The van der Waals surface area contributed by atoms with Gasteiger partial charge >= 0.3 is 0 Å². The lowest BCUT2D eigenvalue weighted by Gasteiger charge is -2.28. The highest BCUT2D eigenvalue weighted by atomic mass is 79.9. The first-order chi connectivity index (χ1) is 6.79. The molecule has 78 valence electrons. The van der Waals surface area contributed by atoms with Crippen molar-refractivity contribution < 1.29 is 0 Å². The second kappa shape index (κ2) is 4.71. The summed E-state index contributed by atoms with van der Waals surface area (Å²) in [5.74, 6) is 0. The fourth-order valence-corrected chi connectivity index (χ4v) is 3.21. The van der Waals surface area contributed by atoms with Gasteiger partial charge in [0.15, 0.2) is 0 Å². The van der Waals surface area contributed by atoms with Gasteiger partial charge in [0.25, 0.3) is 0 Å². The summed E-state index contributed by atoms with van der Waals surface area (Å²) in [5, 5.41) is 5.20. The van der Waals surface area contributed by atoms with Crippen LogP contribution in [0.2, 0.25) is 0 Å². The maximum atomic E-state index is 4.37. The highest BCUT2D eigenvalue weighted by molar-refractivity contribution is 9.10. The summed E-state index contributed by atoms with van der Waals surface area (Å²) in [7, 11) is 0. The molecule has 1 aliphatic rings. The lowest BCUT2D eigenvalue weighted by Crippen LogP contribution is -2.20. The van der Waals surface area contributed by atoms with Crippen LogP contribution in [-0.4, -0.2) is 21.3 Å². The van der Waals surface area contributed by atoms with Crippen LogP contribution in [0.15, 0.2) is 16.9 Å². The first-order valence-corrected chi connectivity index (χ1v) is 7.10. The van der Waals surface area contributed by atoms with Crippen LogP contribution in [0.3, 0.4) is 0 Å². The van der Waals surface area contributed by atoms with Crippen molar-refractivity contribution in [3.05, 3.63) is 16.9 Å². The molecule has 0 aliphatic heterocycles. The molecule has 2 nitrogen and oxygen atoms in total. The molecule has 14 heavy (non-hydrogen) atoms. The average Bonchev–Trinajstić information content (AvgIpc) is 2.65. The highest BCUT2D eigenvalue weighted by Gasteiger charge is 2.22. The summed E-state index contributed by atoms with van der Waals surface area (Å²) in [6.45, 7) is 0. The van der Waals surface area contributed by atoms with E-state index in [4.69, 9.17) is 0 Å². The molecule has 1 aliphatic carbocycles. The number of rotatable bonds is 2. The largest absolute Gasteiger partial charge is 0.268 e. The summed E-state index contributed by atoms with van der Waals surface area (Å²) in [6.07, 6.45) is 11.5. The third kappa shape index (κ3) is 2.34. The molecule has 1 aromatic heterocycles. The van der Waals surface area contributed by atoms with Gasteiger partial charge in [-0.25, -0.2) is 0 Å². The van der Waals surface area contributed by atoms with Gasteiger partial charge in [-0.05, 0) is 41.4 Å². The molecule has 1 aromatic rings. The number of nitrogens with zero attached hydrogens (tertiary/aromatic N) is 2. The fraction of sp³-hybridized carbons (Fsp3) is 0.700. The van der Waals surface area contributed by atoms with Gasteiger partial charge in [-0.15, -0.1) is 0 Å². The molecular weight excluding hydrogens is 260 g/mol. The van der Waals surface area contributed by atoms with E-state index in [0.717, 1.165) is 9.72 Å². The number of hydrogen-bond donors (Lipinski definition) is 0. The summed E-state index contributed by atoms with van der Waals surface area (Å²) < 4.78 is 3.20. The van der Waals surface area contributed by atoms with E-state index in [0.29, 0.717) is 6.04 Å². The van der Waals surface area contributed by atoms with E-state index in [1.54, 1.807) is 0 Å². The van der Waals surface area contributed by atoms with Crippen LogP contribution < -0.4 is 0 Å². The first kappa shape index (κ1) is 10.6. The van der Waals surface area contributed by atoms with Gasteiger partial charge in [0.1, 0.15) is 0 Å². The monoisotopic (exact) mass is 274 g/mol. The van der Waals surface area contributed by atoms with Crippen LogP contribution >= 0.6 is 27.7 Å². The molecule has 0 unspecified atom stereocenters. The molecule has 0 amide bonds. The van der Waals surface area contributed by atoms with E-state index >= 15 is 0 Å². The predicted molar refractivity (Wildman–Crippen MR) is 64.7 cm³/mol. The fourth-order valence-electron chi connectivity index (χ4n) is 2.09. The van der Waals surface area contributed by atoms with Gasteiger partial charge in [-0.3, -0.25) is 4.68 Å². The van der Waals surface area contributed by atoms with E-state index in [9.17, 15) is 0 Å². The molecular formula is C10H15BrN2S. The van der Waals surface area contributed by atoms with Crippen LogP contribution in [-0.2, 0) is 0 Å². The molecule has 0 spiro atoms. The second-order valence-corrected chi connectivity index (χ2v) is 5.87. The quantitative estimate of drug-likeness (QED) is 0.822. The number of hydrogen-bond acceptors (Lipinski definition) is 2. The minimum Gasteiger partial charge on any atom is -0.268 e. The molecule has 1 fully saturated rings. The molecule has 0 N–H and O–H groups in total. The molecule has 0 bridgehead atoms. The van der Waals surface area contributed by atoms with Crippen molar-refractivity contribution in [3.8, 4) is 0 Å². The van der Waals surface area contributed by atoms with Crippen LogP contribution in [0.5, 0.6) is 0 Å². The second-order valence-electron chi connectivity index (χ2n) is 3.82. The van der Waals surface area contributed by atoms with Crippen LogP contribution in [0.1, 0.15) is 31.7 Å². The maximum absolute atomic E-state index is 4.37. The van der Waals surface area contributed by atoms with E-state index in [2.05, 4.69) is 38.2 Å². The minimum absolute atomic E-state index is 0.618. The van der Waals surface area contributed by atoms with Gasteiger partial charge in [0, 0.05) is 11.4 Å². The predicted octanol–water partition coefficient (Wildman–Crippen LogP) is 3.49. The van der Waals surface area contributed by atoms with Crippen LogP contribution in [0.25, 0.3) is 0 Å². The molecule has 0 radical (unpaired) electrons. The zero-order chi connectivity index (χ0) is 9.97. The van der Waals surface area contributed by atoms with Crippen molar-refractivity contribution >= 4 is 27.7 Å². The maximum Gasteiger partial charge on any atom is 0.0632 e. The van der Waals surface area contributed by atoms with Crippen LogP contribution in [0, 0.1) is 0 Å². The van der Waals surface area contributed by atoms with Gasteiger partial charge in [0.05, 0.1) is 16.7 Å². The average molecular weight is 275 g/mol. The Morgan fingerprint density at radius 2 is 2.43 bits per heavy atom. The third-order valence-corrected chi connectivity index (χ3v) is 4.38. The lowest BCUT2D eigenvalue weighted by atomic mass is 9.95. The SMILES string of the molecule is CS[C@@H]1CCC[C@H](n2cc(Br)cn2)C1. The van der Waals surface area contributed by atoms with Crippen LogP contribution in [0.4, 0.5) is 0 Å². The van der Waals surface area contributed by atoms with Crippen molar-refractivity contribution in [3.63, 3.8) is 0 Å². The Labute approximate surface area is 97.6 Å². The summed E-state index contributed by atoms with van der Waals surface area (Å²) in [5.41, 5.74) is 0. The van der Waals surface area contributed by atoms with Crippen molar-refractivity contribution in [2.45, 2.75) is 37.0 Å². The zero-order valence-electron chi connectivity index (χ0n) is 8.32. The Kier molecular flexibility index (Phi) is 3.55. The van der Waals surface area contributed by atoms with Gasteiger partial charge in [-0.2, -0.15) is 16.9 Å². The van der Waals surface area contributed by atoms with E-state index in [-0.39, 0.29) is 0 Å². The Balaban J connectivity index is 2.04. The van der Waals surface area contributed by atoms with E-state index < -0.39 is 0 Å². The Morgan fingerprint density at radius 3 is 3.07 bits per heavy atom. The minimum atomic E-state index is 0.618. The number of aromatic nitrogens is 2. The molecule has 2 rings (SSSR count). The number of halogens is 1. The van der Waals surface area contributed by atoms with Crippen molar-refractivity contribution in [1.29, 1.82) is 0 Å². The van der Waals surface area contributed by atoms with E-state index in [1.165, 1.54) is 25.7 Å². The molecule has 4 heteroatoms. The van der Waals surface area contributed by atoms with Crippen molar-refractivity contribution in [1.82, 2.24) is 9.78 Å². The summed E-state index contributed by atoms with van der Waals surface area (Å²) >= 11 is 5.44. The third-order valence-electron chi connectivity index (χ3n) is 2.88. The molecule has 2 atom stereocenters. The summed E-state index contributed by atoms with van der Waals surface area (Å²) in [6, 6.07) is 0.618. The van der Waals surface area contributed by atoms with Crippen molar-refractivity contribution in [2.24, 2.45) is 0 Å². The molecule has 1 saturated carbocycles. The topological polar surface area (TPSA) is 17.8 Å². The summed E-state index contributed by atoms with van der Waals surface area (Å²) in [4.78, 5) is 0. The zero-order valence-corrected chi connectivity index (χ0v) is 10.7. The highest BCUT2D eigenvalue weighted by Crippen LogP contribution is 2.33. The normalized spacial score (nSPS) is 27.9. The Bertz CT molecular complexity index is 300. The molecule has 0 aromatic carbocycles. The van der Waals surface area contributed by atoms with Crippen molar-refractivity contribution in [2.75, 3.05) is 6.26 Å². The van der Waals surface area contributed by atoms with Gasteiger partial charge in [-0.1, -0.05) is 6.42 Å². The lowest BCUT2D eigenvalue weighted by molar-refractivity contribution is 0.336.